The van der Waals surface area contributed by atoms with Crippen molar-refractivity contribution in [3.8, 4) is 11.8 Å². The summed E-state index contributed by atoms with van der Waals surface area (Å²) in [6.45, 7) is 7.16. The van der Waals surface area contributed by atoms with Crippen molar-refractivity contribution in [2.24, 2.45) is 5.41 Å². The topological polar surface area (TPSA) is 68.3 Å². The molecule has 1 fully saturated rings. The van der Waals surface area contributed by atoms with Crippen LogP contribution in [0.15, 0.2) is 30.0 Å². The zero-order valence-electron chi connectivity index (χ0n) is 13.8. The van der Waals surface area contributed by atoms with Crippen LogP contribution in [0.1, 0.15) is 33.6 Å². The lowest BCUT2D eigenvalue weighted by molar-refractivity contribution is -0.120. The largest absolute Gasteiger partial charge is 0.761 e. The number of hydrogen-bond donors (Lipinski definition) is 1. The lowest BCUT2D eigenvalue weighted by Gasteiger charge is -2.31. The lowest BCUT2D eigenvalue weighted by atomic mass is 9.91. The van der Waals surface area contributed by atoms with Gasteiger partial charge in [0, 0.05) is 24.7 Å². The number of carbonyl (C=O) groups excluding carboxylic acids is 1. The number of aromatic nitrogens is 1. The van der Waals surface area contributed by atoms with Gasteiger partial charge < -0.3 is 15.6 Å². The average molecular weight is 312 g/mol. The summed E-state index contributed by atoms with van der Waals surface area (Å²) in [5.41, 5.74) is 3.24. The molecule has 2 heterocycles. The number of nitrogens with one attached hydrogen (secondary N) is 1. The predicted octanol–water partition coefficient (Wildman–Crippen LogP) is 3.14. The van der Waals surface area contributed by atoms with Crippen LogP contribution in [0, 0.1) is 22.5 Å². The number of allylic oxidation sites excluding steroid dienone is 1. The van der Waals surface area contributed by atoms with Gasteiger partial charge in [-0.05, 0) is 37.0 Å². The van der Waals surface area contributed by atoms with Gasteiger partial charge in [-0.1, -0.05) is 32.3 Å². The third-order valence-electron chi connectivity index (χ3n) is 3.75. The van der Waals surface area contributed by atoms with E-state index in [1.807, 2.05) is 32.3 Å². The Hall–Kier alpha value is -2.32. The van der Waals surface area contributed by atoms with E-state index in [9.17, 15) is 10.0 Å². The number of piperidine rings is 1. The van der Waals surface area contributed by atoms with Gasteiger partial charge in [-0.15, -0.1) is 0 Å². The van der Waals surface area contributed by atoms with Gasteiger partial charge in [-0.2, -0.15) is 0 Å². The van der Waals surface area contributed by atoms with Crippen molar-refractivity contribution in [2.75, 3.05) is 23.5 Å². The Balaban J connectivity index is 1.98. The Morgan fingerprint density at radius 3 is 2.70 bits per heavy atom. The molecular weight excluding hydrogens is 290 g/mol. The van der Waals surface area contributed by atoms with Gasteiger partial charge in [0.1, 0.15) is 0 Å². The SMILES string of the molecule is CC(C)(C)C(=O)C#CC=C1CCN(c2ncccc2N[O-])CC1. The highest BCUT2D eigenvalue weighted by atomic mass is 16.5. The number of anilines is 2. The lowest BCUT2D eigenvalue weighted by Crippen LogP contribution is -2.31. The highest BCUT2D eigenvalue weighted by Gasteiger charge is 2.19. The summed E-state index contributed by atoms with van der Waals surface area (Å²) in [6.07, 6.45) is 5.25. The van der Waals surface area contributed by atoms with Crippen LogP contribution in [0.2, 0.25) is 0 Å². The second-order valence-electron chi connectivity index (χ2n) is 6.61. The molecule has 1 aromatic rings. The monoisotopic (exact) mass is 312 g/mol. The molecule has 0 aliphatic carbocycles. The highest BCUT2D eigenvalue weighted by Crippen LogP contribution is 2.27. The minimum atomic E-state index is -0.421. The van der Waals surface area contributed by atoms with E-state index in [4.69, 9.17) is 0 Å². The van der Waals surface area contributed by atoms with Crippen molar-refractivity contribution < 1.29 is 4.79 Å². The maximum absolute atomic E-state index is 11.8. The molecule has 0 atom stereocenters. The van der Waals surface area contributed by atoms with Crippen LogP contribution in [-0.2, 0) is 4.79 Å². The normalized spacial score (nSPS) is 14.8. The fraction of sp³-hybridized carbons (Fsp3) is 0.444. The Morgan fingerprint density at radius 2 is 2.09 bits per heavy atom. The van der Waals surface area contributed by atoms with Gasteiger partial charge >= 0.3 is 0 Å². The Morgan fingerprint density at radius 1 is 1.39 bits per heavy atom. The number of hydrogen-bond acceptors (Lipinski definition) is 5. The fourth-order valence-electron chi connectivity index (χ4n) is 2.27. The van der Waals surface area contributed by atoms with Crippen LogP contribution in [0.3, 0.4) is 0 Å². The summed E-state index contributed by atoms with van der Waals surface area (Å²) >= 11 is 0. The zero-order valence-corrected chi connectivity index (χ0v) is 13.8. The third-order valence-corrected chi connectivity index (χ3v) is 3.75. The van der Waals surface area contributed by atoms with Crippen molar-refractivity contribution in [3.05, 3.63) is 35.2 Å². The zero-order chi connectivity index (χ0) is 16.9. The van der Waals surface area contributed by atoms with Gasteiger partial charge in [0.15, 0.2) is 5.82 Å². The van der Waals surface area contributed by atoms with E-state index in [0.717, 1.165) is 25.9 Å². The molecule has 0 spiro atoms. The number of ketones is 1. The first-order valence-electron chi connectivity index (χ1n) is 7.74. The van der Waals surface area contributed by atoms with Crippen LogP contribution in [0.5, 0.6) is 0 Å². The maximum Gasteiger partial charge on any atom is 0.211 e. The molecule has 5 heteroatoms. The van der Waals surface area contributed by atoms with E-state index in [2.05, 4.69) is 21.7 Å². The molecule has 0 aromatic carbocycles. The molecule has 1 aliphatic heterocycles. The first kappa shape index (κ1) is 17.0. The van der Waals surface area contributed by atoms with E-state index >= 15 is 0 Å². The molecule has 0 saturated carbocycles. The minimum Gasteiger partial charge on any atom is -0.761 e. The van der Waals surface area contributed by atoms with Crippen LogP contribution < -0.4 is 10.4 Å². The number of pyridine rings is 1. The fourth-order valence-corrected chi connectivity index (χ4v) is 2.27. The van der Waals surface area contributed by atoms with Gasteiger partial charge in [-0.3, -0.25) is 4.79 Å². The van der Waals surface area contributed by atoms with Crippen LogP contribution in [0.4, 0.5) is 11.5 Å². The van der Waals surface area contributed by atoms with E-state index in [1.165, 1.54) is 5.57 Å². The molecule has 0 radical (unpaired) electrons. The second kappa shape index (κ2) is 7.30. The summed E-state index contributed by atoms with van der Waals surface area (Å²) in [7, 11) is 0. The molecule has 0 bridgehead atoms. The number of nitrogens with zero attached hydrogens (tertiary/aromatic N) is 2. The molecule has 5 nitrogen and oxygen atoms in total. The van der Waals surface area contributed by atoms with Gasteiger partial charge in [0.25, 0.3) is 0 Å². The van der Waals surface area contributed by atoms with Crippen molar-refractivity contribution in [3.63, 3.8) is 0 Å². The minimum absolute atomic E-state index is 0.0496. The second-order valence-corrected chi connectivity index (χ2v) is 6.61. The average Bonchev–Trinajstić information content (AvgIpc) is 2.54. The standard InChI is InChI=1S/C18H22N3O2/c1-18(2,3)16(22)8-4-6-14-9-12-21(13-10-14)17-15(20-23)7-5-11-19-17/h5-7,11,20H,9-10,12-13H2,1-3H3/q-1. The summed E-state index contributed by atoms with van der Waals surface area (Å²) in [5.74, 6) is 6.21. The van der Waals surface area contributed by atoms with Gasteiger partial charge in [-0.25, -0.2) is 4.98 Å². The predicted molar refractivity (Wildman–Crippen MR) is 93.0 cm³/mol. The maximum atomic E-state index is 11.8. The van der Waals surface area contributed by atoms with Crippen molar-refractivity contribution >= 4 is 17.3 Å². The molecule has 1 aliphatic rings. The van der Waals surface area contributed by atoms with Crippen molar-refractivity contribution in [1.82, 2.24) is 4.98 Å². The quantitative estimate of drug-likeness (QED) is 0.516. The Labute approximate surface area is 137 Å². The molecule has 1 aromatic heterocycles. The Kier molecular flexibility index (Phi) is 5.41. The van der Waals surface area contributed by atoms with Crippen LogP contribution in [0.25, 0.3) is 0 Å². The first-order valence-corrected chi connectivity index (χ1v) is 7.74. The van der Waals surface area contributed by atoms with Crippen molar-refractivity contribution in [1.29, 1.82) is 0 Å². The Bertz CT molecular complexity index is 653. The van der Waals surface area contributed by atoms with E-state index in [1.54, 1.807) is 18.3 Å². The summed E-state index contributed by atoms with van der Waals surface area (Å²) in [5, 5.41) is 11.0. The highest BCUT2D eigenvalue weighted by molar-refractivity contribution is 5.99. The summed E-state index contributed by atoms with van der Waals surface area (Å²) in [6, 6.07) is 3.46. The van der Waals surface area contributed by atoms with Crippen LogP contribution >= 0.6 is 0 Å². The summed E-state index contributed by atoms with van der Waals surface area (Å²) in [4.78, 5) is 18.1. The molecule has 2 rings (SSSR count). The molecule has 0 amide bonds. The van der Waals surface area contributed by atoms with Crippen molar-refractivity contribution in [2.45, 2.75) is 33.6 Å². The molecule has 23 heavy (non-hydrogen) atoms. The first-order chi connectivity index (χ1) is 10.9. The molecular formula is C18H22N3O2-. The number of carbonyl (C=O) groups is 1. The molecule has 0 unspecified atom stereocenters. The van der Waals surface area contributed by atoms with E-state index < -0.39 is 5.41 Å². The van der Waals surface area contributed by atoms with Gasteiger partial charge in [0.05, 0.1) is 5.69 Å². The number of rotatable bonds is 2. The molecule has 1 N–H and O–H groups in total. The smallest absolute Gasteiger partial charge is 0.211 e. The van der Waals surface area contributed by atoms with Crippen LogP contribution in [-0.4, -0.2) is 23.9 Å². The summed E-state index contributed by atoms with van der Waals surface area (Å²) < 4.78 is 0. The third kappa shape index (κ3) is 4.57. The molecule has 122 valence electrons. The van der Waals surface area contributed by atoms with Gasteiger partial charge in [0.2, 0.25) is 5.78 Å². The van der Waals surface area contributed by atoms with E-state index in [0.29, 0.717) is 11.5 Å². The molecule has 1 saturated heterocycles. The number of Topliss-reactive ketones (excluding diaryl/α,β-unsaturated/α-hetero) is 1. The van der Waals surface area contributed by atoms with E-state index in [-0.39, 0.29) is 5.78 Å².